The van der Waals surface area contributed by atoms with Gasteiger partial charge in [-0.2, -0.15) is 0 Å². The maximum absolute atomic E-state index is 13.1. The molecule has 2 unspecified atom stereocenters. The number of unbranched alkanes of at least 4 members (excludes halogenated alkanes) is 2. The van der Waals surface area contributed by atoms with Crippen molar-refractivity contribution in [3.63, 3.8) is 0 Å². The van der Waals surface area contributed by atoms with Gasteiger partial charge in [0.05, 0.1) is 5.60 Å². The Bertz CT molecular complexity index is 832. The topological polar surface area (TPSA) is 102 Å². The lowest BCUT2D eigenvalue weighted by atomic mass is 9.74. The van der Waals surface area contributed by atoms with Crippen LogP contribution in [0.2, 0.25) is 0 Å². The van der Waals surface area contributed by atoms with E-state index in [-0.39, 0.29) is 5.92 Å². The lowest BCUT2D eigenvalue weighted by molar-refractivity contribution is -0.0571. The molecule has 8 heteroatoms. The first-order valence-electron chi connectivity index (χ1n) is 14.9. The van der Waals surface area contributed by atoms with Gasteiger partial charge in [0, 0.05) is 38.8 Å². The standard InChI is InChI=1S/C30H49N3O5/c1-2-38-23-12-10-20-30(37,26-17-7-4-8-18-26)27-19-13-21-32(24-27)28(34)31-33(29(35)36)22-11-9-16-25-14-5-3-6-15-25/h4,7-8,17-18,25,27,37H,2-3,5-6,9-16,19-24H2,1H3,(H,31,34)(H,35,36). The Balaban J connectivity index is 1.55. The van der Waals surface area contributed by atoms with E-state index >= 15 is 0 Å². The molecule has 0 bridgehead atoms. The minimum Gasteiger partial charge on any atom is -0.464 e. The molecular weight excluding hydrogens is 482 g/mol. The Morgan fingerprint density at radius 1 is 1.05 bits per heavy atom. The molecule has 3 N–H and O–H groups in total. The van der Waals surface area contributed by atoms with Crippen molar-refractivity contribution in [2.45, 2.75) is 96.0 Å². The van der Waals surface area contributed by atoms with E-state index in [1.807, 2.05) is 37.3 Å². The fraction of sp³-hybridized carbons (Fsp3) is 0.733. The van der Waals surface area contributed by atoms with Gasteiger partial charge in [0.1, 0.15) is 0 Å². The number of nitrogens with one attached hydrogen (secondary N) is 1. The van der Waals surface area contributed by atoms with E-state index in [1.165, 1.54) is 32.1 Å². The van der Waals surface area contributed by atoms with Crippen LogP contribution in [0.3, 0.4) is 0 Å². The summed E-state index contributed by atoms with van der Waals surface area (Å²) >= 11 is 0. The van der Waals surface area contributed by atoms with Crippen molar-refractivity contribution in [2.75, 3.05) is 32.8 Å². The number of aliphatic hydroxyl groups is 1. The normalized spacial score (nSPS) is 20.1. The van der Waals surface area contributed by atoms with Gasteiger partial charge in [0.2, 0.25) is 0 Å². The lowest BCUT2D eigenvalue weighted by Crippen LogP contribution is -2.55. The van der Waals surface area contributed by atoms with Crippen LogP contribution < -0.4 is 5.43 Å². The molecule has 1 aromatic rings. The Morgan fingerprint density at radius 2 is 1.82 bits per heavy atom. The van der Waals surface area contributed by atoms with Gasteiger partial charge in [-0.3, -0.25) is 0 Å². The molecule has 1 saturated carbocycles. The fourth-order valence-electron chi connectivity index (χ4n) is 6.17. The van der Waals surface area contributed by atoms with Crippen LogP contribution in [0.4, 0.5) is 9.59 Å². The third kappa shape index (κ3) is 9.16. The van der Waals surface area contributed by atoms with Gasteiger partial charge >= 0.3 is 12.1 Å². The summed E-state index contributed by atoms with van der Waals surface area (Å²) in [7, 11) is 0. The van der Waals surface area contributed by atoms with E-state index in [1.54, 1.807) is 4.90 Å². The highest BCUT2D eigenvalue weighted by molar-refractivity contribution is 5.77. The molecule has 1 heterocycles. The van der Waals surface area contributed by atoms with Gasteiger partial charge in [-0.1, -0.05) is 75.3 Å². The van der Waals surface area contributed by atoms with E-state index in [0.29, 0.717) is 39.3 Å². The number of carboxylic acid groups (broad SMARTS) is 1. The van der Waals surface area contributed by atoms with E-state index in [9.17, 15) is 19.8 Å². The van der Waals surface area contributed by atoms with Crippen molar-refractivity contribution in [3.05, 3.63) is 35.9 Å². The zero-order chi connectivity index (χ0) is 27.2. The predicted octanol–water partition coefficient (Wildman–Crippen LogP) is 6.15. The van der Waals surface area contributed by atoms with Crippen molar-refractivity contribution in [3.8, 4) is 0 Å². The first-order chi connectivity index (χ1) is 18.4. The van der Waals surface area contributed by atoms with Crippen molar-refractivity contribution < 1.29 is 24.5 Å². The second-order valence-electron chi connectivity index (χ2n) is 11.1. The summed E-state index contributed by atoms with van der Waals surface area (Å²) in [6.07, 6.45) is 12.1. The predicted molar refractivity (Wildman–Crippen MR) is 149 cm³/mol. The number of amides is 3. The molecule has 8 nitrogen and oxygen atoms in total. The SMILES string of the molecule is CCOCCCCC(O)(c1ccccc1)C1CCCN(C(=O)NN(CCCCC2CCCCC2)C(=O)O)C1. The van der Waals surface area contributed by atoms with Crippen molar-refractivity contribution in [1.82, 2.24) is 15.3 Å². The Morgan fingerprint density at radius 3 is 2.53 bits per heavy atom. The van der Waals surface area contributed by atoms with E-state index in [4.69, 9.17) is 4.74 Å². The zero-order valence-corrected chi connectivity index (χ0v) is 23.3. The Kier molecular flexibility index (Phi) is 12.7. The number of rotatable bonds is 13. The number of carbonyl (C=O) groups is 2. The first kappa shape index (κ1) is 30.2. The van der Waals surface area contributed by atoms with Crippen LogP contribution >= 0.6 is 0 Å². The highest BCUT2D eigenvalue weighted by atomic mass is 16.5. The highest BCUT2D eigenvalue weighted by Crippen LogP contribution is 2.39. The van der Waals surface area contributed by atoms with Gasteiger partial charge in [-0.15, -0.1) is 0 Å². The summed E-state index contributed by atoms with van der Waals surface area (Å²) in [5.41, 5.74) is 2.44. The second kappa shape index (κ2) is 15.9. The molecular formula is C30H49N3O5. The largest absolute Gasteiger partial charge is 0.464 e. The number of likely N-dealkylation sites (tertiary alicyclic amines) is 1. The van der Waals surface area contributed by atoms with Gasteiger partial charge in [-0.25, -0.2) is 20.0 Å². The lowest BCUT2D eigenvalue weighted by Gasteiger charge is -2.43. The van der Waals surface area contributed by atoms with E-state index in [0.717, 1.165) is 61.4 Å². The molecule has 1 saturated heterocycles. The molecule has 3 rings (SSSR count). The van der Waals surface area contributed by atoms with Crippen molar-refractivity contribution in [2.24, 2.45) is 11.8 Å². The molecule has 3 amide bonds. The van der Waals surface area contributed by atoms with Crippen LogP contribution in [-0.4, -0.2) is 65.1 Å². The molecule has 0 aromatic heterocycles. The van der Waals surface area contributed by atoms with Crippen LogP contribution in [0.5, 0.6) is 0 Å². The smallest absolute Gasteiger partial charge is 0.426 e. The Labute approximate surface area is 228 Å². The summed E-state index contributed by atoms with van der Waals surface area (Å²) in [5, 5.41) is 22.7. The number of hydrazine groups is 1. The molecule has 214 valence electrons. The molecule has 38 heavy (non-hydrogen) atoms. The van der Waals surface area contributed by atoms with Crippen LogP contribution in [0, 0.1) is 11.8 Å². The summed E-state index contributed by atoms with van der Waals surface area (Å²) in [6, 6.07) is 9.33. The van der Waals surface area contributed by atoms with Crippen molar-refractivity contribution >= 4 is 12.1 Å². The maximum atomic E-state index is 13.1. The molecule has 1 aliphatic heterocycles. The summed E-state index contributed by atoms with van der Waals surface area (Å²) < 4.78 is 5.47. The molecule has 0 radical (unpaired) electrons. The number of benzene rings is 1. The molecule has 2 aliphatic rings. The number of hydrogen-bond donors (Lipinski definition) is 3. The van der Waals surface area contributed by atoms with Crippen LogP contribution in [0.25, 0.3) is 0 Å². The van der Waals surface area contributed by atoms with Crippen LogP contribution in [0.15, 0.2) is 30.3 Å². The zero-order valence-electron chi connectivity index (χ0n) is 23.3. The van der Waals surface area contributed by atoms with E-state index in [2.05, 4.69) is 5.43 Å². The first-order valence-corrected chi connectivity index (χ1v) is 14.9. The monoisotopic (exact) mass is 531 g/mol. The molecule has 1 aromatic carbocycles. The minimum atomic E-state index is -1.14. The molecule has 2 fully saturated rings. The summed E-state index contributed by atoms with van der Waals surface area (Å²) in [4.78, 5) is 26.7. The molecule has 1 aliphatic carbocycles. The van der Waals surface area contributed by atoms with Gasteiger partial charge in [-0.05, 0) is 56.9 Å². The average Bonchev–Trinajstić information content (AvgIpc) is 2.95. The summed E-state index contributed by atoms with van der Waals surface area (Å²) in [6.45, 7) is 4.56. The molecule has 2 atom stereocenters. The number of nitrogens with zero attached hydrogens (tertiary/aromatic N) is 2. The number of ether oxygens (including phenoxy) is 1. The second-order valence-corrected chi connectivity index (χ2v) is 11.1. The van der Waals surface area contributed by atoms with Gasteiger partial charge in [0.15, 0.2) is 0 Å². The number of piperidine rings is 1. The van der Waals surface area contributed by atoms with Gasteiger partial charge in [0.25, 0.3) is 0 Å². The average molecular weight is 532 g/mol. The highest BCUT2D eigenvalue weighted by Gasteiger charge is 2.41. The van der Waals surface area contributed by atoms with Crippen LogP contribution in [-0.2, 0) is 10.3 Å². The fourth-order valence-corrected chi connectivity index (χ4v) is 6.17. The molecule has 0 spiro atoms. The van der Waals surface area contributed by atoms with Crippen LogP contribution in [0.1, 0.15) is 96.0 Å². The number of hydrogen-bond acceptors (Lipinski definition) is 4. The summed E-state index contributed by atoms with van der Waals surface area (Å²) in [5.74, 6) is 0.634. The number of carbonyl (C=O) groups excluding carboxylic acids is 1. The third-order valence-electron chi connectivity index (χ3n) is 8.39. The Hall–Kier alpha value is -2.32. The maximum Gasteiger partial charge on any atom is 0.426 e. The third-order valence-corrected chi connectivity index (χ3v) is 8.39. The number of urea groups is 1. The van der Waals surface area contributed by atoms with Crippen molar-refractivity contribution in [1.29, 1.82) is 0 Å². The quantitative estimate of drug-likeness (QED) is 0.209. The minimum absolute atomic E-state index is 0.134. The van der Waals surface area contributed by atoms with E-state index < -0.39 is 17.7 Å². The van der Waals surface area contributed by atoms with Gasteiger partial charge < -0.3 is 19.8 Å².